The van der Waals surface area contributed by atoms with Crippen LogP contribution >= 0.6 is 15.2 Å². The van der Waals surface area contributed by atoms with Crippen LogP contribution in [0.25, 0.3) is 23.5 Å². The first-order valence-corrected chi connectivity index (χ1v) is 45.6. The molecule has 0 amide bonds. The summed E-state index contributed by atoms with van der Waals surface area (Å²) in [6.45, 7) is 11.6. The Morgan fingerprint density at radius 2 is 0.821 bits per heavy atom. The summed E-state index contributed by atoms with van der Waals surface area (Å²) in [6.07, 6.45) is 7.98. The summed E-state index contributed by atoms with van der Waals surface area (Å²) >= 11 is 0. The number of methoxy groups -OCH3 is 2. The van der Waals surface area contributed by atoms with Crippen LogP contribution in [0.2, 0.25) is 0 Å². The van der Waals surface area contributed by atoms with Gasteiger partial charge in [-0.05, 0) is 207 Å². The maximum atomic E-state index is 15.2. The molecule has 0 bridgehead atoms. The lowest BCUT2D eigenvalue weighted by Gasteiger charge is -2.43. The number of ether oxygens (including phenoxy) is 5. The first-order valence-electron chi connectivity index (χ1n) is 42.4. The summed E-state index contributed by atoms with van der Waals surface area (Å²) in [5.41, 5.74) is -5.06. The van der Waals surface area contributed by atoms with Crippen molar-refractivity contribution >= 4 is 74.4 Å². The Balaban J connectivity index is 0.000000152. The second kappa shape index (κ2) is 40.4. The van der Waals surface area contributed by atoms with Crippen LogP contribution in [0.4, 0.5) is 43.9 Å². The molecule has 2 aromatic heterocycles. The highest BCUT2D eigenvalue weighted by Crippen LogP contribution is 2.62. The predicted molar refractivity (Wildman–Crippen MR) is 463 cm³/mol. The van der Waals surface area contributed by atoms with E-state index in [-0.39, 0.29) is 116 Å². The largest absolute Gasteiger partial charge is 0.495 e. The number of Topliss-reactive ketones (excluding diaryl/α,β-unsaturated/α-hetero) is 1. The number of halogens is 10. The molecular formula is C90H96F10N12O20P2. The molecule has 44 heteroatoms. The molecule has 6 atom stereocenters. The van der Waals surface area contributed by atoms with E-state index in [9.17, 15) is 68.5 Å². The van der Waals surface area contributed by atoms with Crippen LogP contribution in [0.5, 0.6) is 11.5 Å². The normalized spacial score (nSPS) is 22.8. The summed E-state index contributed by atoms with van der Waals surface area (Å²) in [4.78, 5) is 87.1. The number of amidine groups is 4. The van der Waals surface area contributed by atoms with E-state index >= 15 is 8.78 Å². The topological polar surface area (TPSA) is 341 Å². The number of nitrogens with zero attached hydrogens (tertiary/aromatic N) is 12. The second-order valence-corrected chi connectivity index (χ2v) is 35.6. The number of piperidine rings is 4. The average Bonchev–Trinajstić information content (AvgIpc) is 1.56. The van der Waals surface area contributed by atoms with Gasteiger partial charge < -0.3 is 80.3 Å². The van der Waals surface area contributed by atoms with Gasteiger partial charge in [0.15, 0.2) is 29.1 Å². The van der Waals surface area contributed by atoms with E-state index in [1.807, 2.05) is 36.9 Å². The highest BCUT2D eigenvalue weighted by atomic mass is 31.2. The number of carbonyl (C=O) groups excluding carboxylic acids is 4. The minimum Gasteiger partial charge on any atom is -0.495 e. The molecule has 32 nitrogen and oxygen atoms in total. The highest BCUT2D eigenvalue weighted by Gasteiger charge is 2.67. The van der Waals surface area contributed by atoms with Crippen molar-refractivity contribution in [2.75, 3.05) is 93.3 Å². The molecule has 4 fully saturated rings. The molecule has 8 aliphatic rings. The number of imidazole rings is 2. The van der Waals surface area contributed by atoms with E-state index in [4.69, 9.17) is 61.1 Å². The molecule has 0 aliphatic carbocycles. The SMILES string of the molecule is CCOC(=O)[C@@]1(c2ccc(F)cc2)ON=C2/C(=C/c3ccc(-n4cnc(C)c4)c(OC)c3)CC(F)(F)CN21.CCOC(=O)[C@@]1(c2ccc(F)cc2)ON=C2C(P(=O)(OCC)OCC)CC(=O)CN21.CCOC(=O)[C@@]1(c2ccc(F)cc2)ON=C2C(P(=O)(OCC)OCC)CC(F)(F)CN21.COc1cc(/C=C2\CC(F)(F)CN3C2=NO[C@@]3(CO)c2ccc(F)cc2)ccc1-n1cnc(C)c1. The fourth-order valence-corrected chi connectivity index (χ4v) is 20.5. The van der Waals surface area contributed by atoms with E-state index in [1.54, 1.807) is 108 Å². The number of aromatic nitrogens is 4. The van der Waals surface area contributed by atoms with E-state index in [0.717, 1.165) is 69.0 Å². The van der Waals surface area contributed by atoms with Crippen LogP contribution in [-0.2, 0) is 103 Å². The predicted octanol–water partition coefficient (Wildman–Crippen LogP) is 15.7. The van der Waals surface area contributed by atoms with Gasteiger partial charge in [0.2, 0.25) is 0 Å². The van der Waals surface area contributed by atoms with E-state index < -0.39 is 154 Å². The molecule has 2 unspecified atom stereocenters. The molecule has 134 heavy (non-hydrogen) atoms. The van der Waals surface area contributed by atoms with Crippen molar-refractivity contribution in [3.8, 4) is 22.9 Å². The number of ketones is 1. The molecule has 10 heterocycles. The maximum Gasteiger partial charge on any atom is 0.380 e. The number of aliphatic hydroxyl groups excluding tert-OH is 1. The molecule has 8 aliphatic heterocycles. The smallest absolute Gasteiger partial charge is 0.380 e. The van der Waals surface area contributed by atoms with Crippen LogP contribution < -0.4 is 9.47 Å². The third-order valence-electron chi connectivity index (χ3n) is 22.2. The molecule has 1 N–H and O–H groups in total. The van der Waals surface area contributed by atoms with Crippen molar-refractivity contribution in [2.45, 2.75) is 140 Å². The minimum absolute atomic E-state index is 0.0179. The van der Waals surface area contributed by atoms with Crippen LogP contribution in [0.3, 0.4) is 0 Å². The quantitative estimate of drug-likeness (QED) is 0.0216. The number of alkyl halides is 6. The molecule has 716 valence electrons. The number of aryl methyl sites for hydroxylation is 2. The Labute approximate surface area is 762 Å². The summed E-state index contributed by atoms with van der Waals surface area (Å²) in [5.74, 6) is -13.7. The van der Waals surface area contributed by atoms with Crippen LogP contribution in [0.1, 0.15) is 119 Å². The first kappa shape index (κ1) is 99.0. The minimum atomic E-state index is -4.09. The number of benzene rings is 6. The van der Waals surface area contributed by atoms with Gasteiger partial charge in [0, 0.05) is 71.5 Å². The van der Waals surface area contributed by atoms with Crippen molar-refractivity contribution in [2.24, 2.45) is 20.6 Å². The summed E-state index contributed by atoms with van der Waals surface area (Å²) < 4.78 is 222. The van der Waals surface area contributed by atoms with E-state index in [1.165, 1.54) is 84.7 Å². The van der Waals surface area contributed by atoms with Crippen molar-refractivity contribution < 1.29 is 138 Å². The Morgan fingerprint density at radius 3 is 1.21 bits per heavy atom. The van der Waals surface area contributed by atoms with Gasteiger partial charge in [0.25, 0.3) is 23.5 Å². The summed E-state index contributed by atoms with van der Waals surface area (Å²) in [5, 5.41) is 26.3. The standard InChI is InChI=1S/C27H25F3N4O4.C25H23F3N4O3.C19H24F3N2O6P.C19H24FN2O7P/c1-4-37-25(35)27(20-6-8-21(28)9-7-20)34-15-26(29,30)13-19(24(34)32-38-27)11-18-5-10-22(23(12-18)36-3)33-14-17(2)31-16-33;1-16-12-31(15-29-16)21-8-3-17(10-22(21)34-2)9-18-11-24(27,28)13-32-23(18)30-35-25(32,14-33)19-4-6-20(26)7-5-19;1-4-27-17(25)19(13-7-9-14(20)10-8-13)24-12-18(21,22)11-15(16(24)23-30-19)31(26,28-5-2)29-6-3;1-4-26-18(24)19(13-7-9-14(20)10-8-13)22-12-15(23)11-16(17(22)21-29-19)30(25,27-5-2)28-6-3/h5-12,14,16H,4,13,15H2,1-3H3;3-10,12,15,33H,11,13-14H2,1-2H3;7-10,15H,4-6,11-12H2,1-3H3;7-10,16H,4-6,11-12H2,1-3H3/b19-11+;18-9+;;/t27-;25-;15?,19-;16?,19-/m1011/s1. The van der Waals surface area contributed by atoms with Gasteiger partial charge in [-0.3, -0.25) is 28.6 Å². The van der Waals surface area contributed by atoms with E-state index in [0.29, 0.717) is 28.2 Å². The Kier molecular flexibility index (Phi) is 29.8. The molecule has 16 rings (SSSR count). The number of hydrogen-bond acceptors (Lipinski definition) is 30. The third kappa shape index (κ3) is 19.8. The third-order valence-corrected chi connectivity index (χ3v) is 27.0. The Morgan fingerprint density at radius 1 is 0.463 bits per heavy atom. The number of fused-ring (bicyclic) bond motifs is 4. The molecule has 4 saturated heterocycles. The average molecular weight is 1920 g/mol. The van der Waals surface area contributed by atoms with Crippen LogP contribution in [0.15, 0.2) is 190 Å². The van der Waals surface area contributed by atoms with Gasteiger partial charge >= 0.3 is 50.3 Å². The number of hydrogen-bond donors (Lipinski definition) is 1. The Bertz CT molecular complexity index is 5930. The second-order valence-electron chi connectivity index (χ2n) is 31.2. The number of oxime groups is 4. The molecular weight excluding hydrogens is 1820 g/mol. The monoisotopic (exact) mass is 1920 g/mol. The zero-order valence-electron chi connectivity index (χ0n) is 74.4. The van der Waals surface area contributed by atoms with Gasteiger partial charge in [-0.25, -0.2) is 68.3 Å². The molecule has 0 saturated carbocycles. The van der Waals surface area contributed by atoms with E-state index in [2.05, 4.69) is 30.6 Å². The zero-order chi connectivity index (χ0) is 96.7. The lowest BCUT2D eigenvalue weighted by Crippen LogP contribution is -2.61. The fourth-order valence-electron chi connectivity index (χ4n) is 16.4. The lowest BCUT2D eigenvalue weighted by atomic mass is 9.92. The van der Waals surface area contributed by atoms with Crippen molar-refractivity contribution in [3.05, 3.63) is 238 Å². The molecule has 0 radical (unpaired) electrons. The number of rotatable bonds is 27. The molecule has 0 spiro atoms. The summed E-state index contributed by atoms with van der Waals surface area (Å²) in [7, 11) is -4.83. The van der Waals surface area contributed by atoms with Gasteiger partial charge in [0.05, 0.1) is 122 Å². The number of carbonyl (C=O) groups is 4. The van der Waals surface area contributed by atoms with Gasteiger partial charge in [0.1, 0.15) is 52.7 Å². The highest BCUT2D eigenvalue weighted by molar-refractivity contribution is 7.56. The van der Waals surface area contributed by atoms with Gasteiger partial charge in [-0.1, -0.05) is 32.8 Å². The lowest BCUT2D eigenvalue weighted by molar-refractivity contribution is -0.196. The Hall–Kier alpha value is -12.5. The van der Waals surface area contributed by atoms with Crippen LogP contribution in [0, 0.1) is 37.1 Å². The van der Waals surface area contributed by atoms with Crippen LogP contribution in [-0.4, -0.2) is 213 Å². The van der Waals surface area contributed by atoms with Crippen molar-refractivity contribution in [3.63, 3.8) is 0 Å². The fraction of sp³-hybridized carbons (Fsp3) is 0.400. The van der Waals surface area contributed by atoms with Crippen molar-refractivity contribution in [1.29, 1.82) is 0 Å². The zero-order valence-corrected chi connectivity index (χ0v) is 76.2. The number of aliphatic hydroxyl groups is 1. The summed E-state index contributed by atoms with van der Waals surface area (Å²) in [6, 6.07) is 30.1. The first-order chi connectivity index (χ1) is 63.9. The van der Waals surface area contributed by atoms with Gasteiger partial charge in [-0.15, -0.1) is 0 Å². The molecule has 8 aromatic rings. The number of esters is 3. The maximum absolute atomic E-state index is 15.2. The molecule has 6 aromatic carbocycles. The van der Waals surface area contributed by atoms with Gasteiger partial charge in [-0.2, -0.15) is 0 Å². The van der Waals surface area contributed by atoms with Crippen molar-refractivity contribution in [1.82, 2.24) is 38.7 Å².